The maximum Gasteiger partial charge on any atom is 0.255 e. The number of ether oxygens (including phenoxy) is 1. The molecule has 0 spiro atoms. The molecule has 0 bridgehead atoms. The molecule has 1 unspecified atom stereocenters. The summed E-state index contributed by atoms with van der Waals surface area (Å²) in [7, 11) is 0. The SMILES string of the molecule is O=C(NCC1CC(=O)N(C2CC2)C1)c1ccccc1Oc1ccccc1. The van der Waals surface area contributed by atoms with E-state index in [0.29, 0.717) is 36.1 Å². The average molecular weight is 350 g/mol. The van der Waals surface area contributed by atoms with Crippen molar-refractivity contribution < 1.29 is 14.3 Å². The summed E-state index contributed by atoms with van der Waals surface area (Å²) in [5.74, 6) is 1.45. The number of amides is 2. The van der Waals surface area contributed by atoms with Gasteiger partial charge in [0.1, 0.15) is 11.5 Å². The predicted molar refractivity (Wildman–Crippen MR) is 98.1 cm³/mol. The van der Waals surface area contributed by atoms with Crippen molar-refractivity contribution >= 4 is 11.8 Å². The van der Waals surface area contributed by atoms with Crippen molar-refractivity contribution in [3.05, 3.63) is 60.2 Å². The molecule has 5 nitrogen and oxygen atoms in total. The molecule has 1 aliphatic heterocycles. The molecule has 1 atom stereocenters. The summed E-state index contributed by atoms with van der Waals surface area (Å²) in [5.41, 5.74) is 0.500. The second kappa shape index (κ2) is 7.20. The third-order valence-electron chi connectivity index (χ3n) is 4.88. The standard InChI is InChI=1S/C21H22N2O3/c24-20-12-15(14-23(20)16-10-11-16)13-22-21(25)18-8-4-5-9-19(18)26-17-6-2-1-3-7-17/h1-9,15-16H,10-14H2,(H,22,25). The molecular weight excluding hydrogens is 328 g/mol. The van der Waals surface area contributed by atoms with Crippen LogP contribution in [0.3, 0.4) is 0 Å². The lowest BCUT2D eigenvalue weighted by molar-refractivity contribution is -0.128. The molecule has 0 radical (unpaired) electrons. The lowest BCUT2D eigenvalue weighted by Crippen LogP contribution is -2.32. The highest BCUT2D eigenvalue weighted by molar-refractivity contribution is 5.97. The topological polar surface area (TPSA) is 58.6 Å². The smallest absolute Gasteiger partial charge is 0.255 e. The molecule has 2 amide bonds. The summed E-state index contributed by atoms with van der Waals surface area (Å²) in [6.45, 7) is 1.26. The summed E-state index contributed by atoms with van der Waals surface area (Å²) in [5, 5.41) is 2.97. The molecular formula is C21H22N2O3. The Balaban J connectivity index is 1.38. The number of rotatable bonds is 6. The van der Waals surface area contributed by atoms with Gasteiger partial charge in [0.25, 0.3) is 5.91 Å². The molecule has 2 fully saturated rings. The van der Waals surface area contributed by atoms with Gasteiger partial charge in [0.15, 0.2) is 0 Å². The fourth-order valence-electron chi connectivity index (χ4n) is 3.38. The minimum absolute atomic E-state index is 0.172. The van der Waals surface area contributed by atoms with Gasteiger partial charge < -0.3 is 15.0 Å². The van der Waals surface area contributed by atoms with Crippen molar-refractivity contribution in [1.29, 1.82) is 0 Å². The van der Waals surface area contributed by atoms with E-state index in [1.165, 1.54) is 0 Å². The van der Waals surface area contributed by atoms with Crippen LogP contribution >= 0.6 is 0 Å². The second-order valence-electron chi connectivity index (χ2n) is 6.97. The van der Waals surface area contributed by atoms with Gasteiger partial charge in [-0.25, -0.2) is 0 Å². The third kappa shape index (κ3) is 3.72. The molecule has 2 aromatic rings. The summed E-state index contributed by atoms with van der Waals surface area (Å²) < 4.78 is 5.85. The van der Waals surface area contributed by atoms with Crippen molar-refractivity contribution in [2.24, 2.45) is 5.92 Å². The van der Waals surface area contributed by atoms with Crippen LogP contribution in [0.5, 0.6) is 11.5 Å². The largest absolute Gasteiger partial charge is 0.457 e. The molecule has 26 heavy (non-hydrogen) atoms. The minimum atomic E-state index is -0.172. The highest BCUT2D eigenvalue weighted by Gasteiger charge is 2.39. The number of benzene rings is 2. The number of hydrogen-bond donors (Lipinski definition) is 1. The van der Waals surface area contributed by atoms with Crippen LogP contribution in [-0.4, -0.2) is 35.8 Å². The summed E-state index contributed by atoms with van der Waals surface area (Å²) >= 11 is 0. The van der Waals surface area contributed by atoms with Crippen LogP contribution in [0.2, 0.25) is 0 Å². The Morgan fingerprint density at radius 3 is 2.58 bits per heavy atom. The van der Waals surface area contributed by atoms with Crippen molar-refractivity contribution in [2.75, 3.05) is 13.1 Å². The maximum absolute atomic E-state index is 12.6. The van der Waals surface area contributed by atoms with Crippen molar-refractivity contribution in [3.8, 4) is 11.5 Å². The van der Waals surface area contributed by atoms with E-state index < -0.39 is 0 Å². The predicted octanol–water partition coefficient (Wildman–Crippen LogP) is 3.22. The van der Waals surface area contributed by atoms with E-state index in [2.05, 4.69) is 5.32 Å². The molecule has 134 valence electrons. The molecule has 1 saturated carbocycles. The average Bonchev–Trinajstić information content (AvgIpc) is 3.44. The van der Waals surface area contributed by atoms with Crippen LogP contribution in [-0.2, 0) is 4.79 Å². The molecule has 1 saturated heterocycles. The highest BCUT2D eigenvalue weighted by atomic mass is 16.5. The first-order valence-corrected chi connectivity index (χ1v) is 9.10. The molecule has 2 aromatic carbocycles. The zero-order valence-corrected chi connectivity index (χ0v) is 14.6. The minimum Gasteiger partial charge on any atom is -0.457 e. The Morgan fingerprint density at radius 2 is 1.81 bits per heavy atom. The van der Waals surface area contributed by atoms with Gasteiger partial charge in [-0.2, -0.15) is 0 Å². The highest BCUT2D eigenvalue weighted by Crippen LogP contribution is 2.32. The van der Waals surface area contributed by atoms with Gasteiger partial charge in [0, 0.05) is 31.5 Å². The van der Waals surface area contributed by atoms with Crippen LogP contribution in [0, 0.1) is 5.92 Å². The number of carbonyl (C=O) groups is 2. The normalized spacial score (nSPS) is 19.5. The Hall–Kier alpha value is -2.82. The summed E-state index contributed by atoms with van der Waals surface area (Å²) in [6, 6.07) is 17.1. The fourth-order valence-corrected chi connectivity index (χ4v) is 3.38. The Labute approximate surface area is 153 Å². The van der Waals surface area contributed by atoms with Crippen LogP contribution in [0.1, 0.15) is 29.6 Å². The van der Waals surface area contributed by atoms with E-state index in [0.717, 1.165) is 19.4 Å². The number of hydrogen-bond acceptors (Lipinski definition) is 3. The third-order valence-corrected chi connectivity index (χ3v) is 4.88. The van der Waals surface area contributed by atoms with Crippen LogP contribution < -0.4 is 10.1 Å². The monoisotopic (exact) mass is 350 g/mol. The van der Waals surface area contributed by atoms with E-state index in [4.69, 9.17) is 4.74 Å². The first-order chi connectivity index (χ1) is 12.7. The molecule has 4 rings (SSSR count). The van der Waals surface area contributed by atoms with E-state index >= 15 is 0 Å². The maximum atomic E-state index is 12.6. The van der Waals surface area contributed by atoms with Gasteiger partial charge in [0.05, 0.1) is 5.56 Å². The molecule has 5 heteroatoms. The Morgan fingerprint density at radius 1 is 1.08 bits per heavy atom. The molecule has 1 N–H and O–H groups in total. The van der Waals surface area contributed by atoms with Gasteiger partial charge in [0.2, 0.25) is 5.91 Å². The van der Waals surface area contributed by atoms with Gasteiger partial charge in [-0.05, 0) is 37.1 Å². The van der Waals surface area contributed by atoms with Gasteiger partial charge in [-0.3, -0.25) is 9.59 Å². The summed E-state index contributed by atoms with van der Waals surface area (Å²) in [4.78, 5) is 26.6. The molecule has 0 aromatic heterocycles. The number of carbonyl (C=O) groups excluding carboxylic acids is 2. The number of nitrogens with one attached hydrogen (secondary N) is 1. The number of likely N-dealkylation sites (tertiary alicyclic amines) is 1. The van der Waals surface area contributed by atoms with Gasteiger partial charge >= 0.3 is 0 Å². The van der Waals surface area contributed by atoms with Crippen molar-refractivity contribution in [3.63, 3.8) is 0 Å². The first kappa shape index (κ1) is 16.6. The van der Waals surface area contributed by atoms with Gasteiger partial charge in [-0.15, -0.1) is 0 Å². The lowest BCUT2D eigenvalue weighted by Gasteiger charge is -2.16. The zero-order valence-electron chi connectivity index (χ0n) is 14.6. The van der Waals surface area contributed by atoms with E-state index in [1.54, 1.807) is 12.1 Å². The van der Waals surface area contributed by atoms with E-state index in [1.807, 2.05) is 47.4 Å². The first-order valence-electron chi connectivity index (χ1n) is 9.10. The lowest BCUT2D eigenvalue weighted by atomic mass is 10.1. The molecule has 1 heterocycles. The Bertz CT molecular complexity index is 802. The quantitative estimate of drug-likeness (QED) is 0.870. The van der Waals surface area contributed by atoms with Gasteiger partial charge in [-0.1, -0.05) is 30.3 Å². The van der Waals surface area contributed by atoms with Crippen LogP contribution in [0.25, 0.3) is 0 Å². The zero-order chi connectivity index (χ0) is 17.9. The van der Waals surface area contributed by atoms with Crippen LogP contribution in [0.15, 0.2) is 54.6 Å². The summed E-state index contributed by atoms with van der Waals surface area (Å²) in [6.07, 6.45) is 2.77. The van der Waals surface area contributed by atoms with Crippen LogP contribution in [0.4, 0.5) is 0 Å². The second-order valence-corrected chi connectivity index (χ2v) is 6.97. The number of para-hydroxylation sites is 2. The Kier molecular flexibility index (Phi) is 4.61. The fraction of sp³-hybridized carbons (Fsp3) is 0.333. The molecule has 2 aliphatic rings. The van der Waals surface area contributed by atoms with E-state index in [-0.39, 0.29) is 17.7 Å². The van der Waals surface area contributed by atoms with E-state index in [9.17, 15) is 9.59 Å². The number of nitrogens with zero attached hydrogens (tertiary/aromatic N) is 1. The van der Waals surface area contributed by atoms with Crippen molar-refractivity contribution in [1.82, 2.24) is 10.2 Å². The molecule has 1 aliphatic carbocycles. The van der Waals surface area contributed by atoms with Crippen molar-refractivity contribution in [2.45, 2.75) is 25.3 Å².